The highest BCUT2D eigenvalue weighted by atomic mass is 32.2. The van der Waals surface area contributed by atoms with Gasteiger partial charge in [-0.1, -0.05) is 42.5 Å². The van der Waals surface area contributed by atoms with Crippen molar-refractivity contribution in [2.75, 3.05) is 12.3 Å². The molecule has 1 amide bonds. The van der Waals surface area contributed by atoms with Gasteiger partial charge in [0, 0.05) is 23.6 Å². The molecular formula is C19H21NOS. The maximum atomic E-state index is 12.1. The van der Waals surface area contributed by atoms with Crippen LogP contribution in [0.3, 0.4) is 0 Å². The Labute approximate surface area is 136 Å². The van der Waals surface area contributed by atoms with Crippen molar-refractivity contribution in [3.8, 4) is 0 Å². The molecule has 3 rings (SSSR count). The van der Waals surface area contributed by atoms with Gasteiger partial charge in [0.2, 0.25) is 5.91 Å². The van der Waals surface area contributed by atoms with Crippen LogP contribution in [0.4, 0.5) is 0 Å². The van der Waals surface area contributed by atoms with E-state index in [4.69, 9.17) is 0 Å². The van der Waals surface area contributed by atoms with Gasteiger partial charge in [-0.3, -0.25) is 4.79 Å². The zero-order valence-electron chi connectivity index (χ0n) is 12.6. The Bertz CT molecular complexity index is 626. The van der Waals surface area contributed by atoms with E-state index in [1.165, 1.54) is 16.0 Å². The van der Waals surface area contributed by atoms with Crippen LogP contribution in [0.2, 0.25) is 0 Å². The Kier molecular flexibility index (Phi) is 5.17. The maximum absolute atomic E-state index is 12.1. The number of nitrogens with one attached hydrogen (secondary N) is 1. The predicted molar refractivity (Wildman–Crippen MR) is 92.3 cm³/mol. The Morgan fingerprint density at radius 3 is 2.73 bits per heavy atom. The van der Waals surface area contributed by atoms with Crippen molar-refractivity contribution >= 4 is 17.7 Å². The molecular weight excluding hydrogens is 290 g/mol. The van der Waals surface area contributed by atoms with Gasteiger partial charge in [-0.25, -0.2) is 0 Å². The lowest BCUT2D eigenvalue weighted by atomic mass is 9.97. The van der Waals surface area contributed by atoms with Gasteiger partial charge < -0.3 is 5.32 Å². The second-order valence-electron chi connectivity index (χ2n) is 5.65. The number of carbonyl (C=O) groups excluding carboxylic acids is 1. The zero-order valence-corrected chi connectivity index (χ0v) is 13.4. The van der Waals surface area contributed by atoms with Crippen LogP contribution < -0.4 is 5.32 Å². The molecule has 0 aliphatic heterocycles. The number of benzene rings is 2. The number of rotatable bonds is 6. The third-order valence-corrected chi connectivity index (χ3v) is 5.14. The van der Waals surface area contributed by atoms with Crippen LogP contribution >= 0.6 is 11.8 Å². The summed E-state index contributed by atoms with van der Waals surface area (Å²) in [5.41, 5.74) is 2.79. The van der Waals surface area contributed by atoms with Gasteiger partial charge >= 0.3 is 0 Å². The molecule has 2 nitrogen and oxygen atoms in total. The first-order valence-electron chi connectivity index (χ1n) is 7.85. The molecule has 0 fully saturated rings. The van der Waals surface area contributed by atoms with Gasteiger partial charge in [0.15, 0.2) is 0 Å². The fourth-order valence-corrected chi connectivity index (χ4v) is 3.82. The van der Waals surface area contributed by atoms with Crippen LogP contribution in [0.5, 0.6) is 0 Å². The molecule has 1 aliphatic rings. The molecule has 1 aliphatic carbocycles. The van der Waals surface area contributed by atoms with Gasteiger partial charge in [-0.15, -0.1) is 11.8 Å². The third kappa shape index (κ3) is 3.92. The Morgan fingerprint density at radius 2 is 1.86 bits per heavy atom. The van der Waals surface area contributed by atoms with E-state index in [1.807, 2.05) is 18.2 Å². The summed E-state index contributed by atoms with van der Waals surface area (Å²) in [6, 6.07) is 18.8. The average molecular weight is 311 g/mol. The first kappa shape index (κ1) is 15.2. The minimum absolute atomic E-state index is 0.176. The average Bonchev–Trinajstić information content (AvgIpc) is 2.96. The first-order chi connectivity index (χ1) is 10.8. The summed E-state index contributed by atoms with van der Waals surface area (Å²) >= 11 is 1.78. The Morgan fingerprint density at radius 1 is 1.09 bits per heavy atom. The van der Waals surface area contributed by atoms with Gasteiger partial charge in [-0.05, 0) is 42.0 Å². The molecule has 0 heterocycles. The highest BCUT2D eigenvalue weighted by Gasteiger charge is 2.23. The molecule has 114 valence electrons. The summed E-state index contributed by atoms with van der Waals surface area (Å²) in [6.45, 7) is 0.729. The summed E-state index contributed by atoms with van der Waals surface area (Å²) in [5.74, 6) is 1.49. The lowest BCUT2D eigenvalue weighted by Crippen LogP contribution is -2.26. The molecule has 22 heavy (non-hydrogen) atoms. The molecule has 0 saturated carbocycles. The SMILES string of the molecule is O=C(CC1CCc2ccccc21)NCCSc1ccccc1. The lowest BCUT2D eigenvalue weighted by molar-refractivity contribution is -0.121. The predicted octanol–water partition coefficient (Wildman–Crippen LogP) is 4.02. The lowest BCUT2D eigenvalue weighted by Gasteiger charge is -2.11. The maximum Gasteiger partial charge on any atom is 0.220 e. The van der Waals surface area contributed by atoms with Crippen molar-refractivity contribution < 1.29 is 4.79 Å². The number of fused-ring (bicyclic) bond motifs is 1. The highest BCUT2D eigenvalue weighted by molar-refractivity contribution is 7.99. The summed E-state index contributed by atoms with van der Waals surface area (Å²) in [4.78, 5) is 13.4. The molecule has 2 aromatic rings. The quantitative estimate of drug-likeness (QED) is 0.645. The minimum Gasteiger partial charge on any atom is -0.355 e. The van der Waals surface area contributed by atoms with E-state index in [0.717, 1.165) is 25.1 Å². The number of hydrogen-bond acceptors (Lipinski definition) is 2. The summed E-state index contributed by atoms with van der Waals surface area (Å²) in [6.07, 6.45) is 2.83. The first-order valence-corrected chi connectivity index (χ1v) is 8.84. The molecule has 1 unspecified atom stereocenters. The van der Waals surface area contributed by atoms with Crippen LogP contribution in [-0.2, 0) is 11.2 Å². The molecule has 1 N–H and O–H groups in total. The number of thioether (sulfide) groups is 1. The molecule has 0 aromatic heterocycles. The number of hydrogen-bond donors (Lipinski definition) is 1. The topological polar surface area (TPSA) is 29.1 Å². The molecule has 0 bridgehead atoms. The fraction of sp³-hybridized carbons (Fsp3) is 0.316. The van der Waals surface area contributed by atoms with Crippen molar-refractivity contribution in [3.05, 3.63) is 65.7 Å². The van der Waals surface area contributed by atoms with E-state index >= 15 is 0 Å². The van der Waals surface area contributed by atoms with Crippen molar-refractivity contribution in [2.24, 2.45) is 0 Å². The van der Waals surface area contributed by atoms with Crippen molar-refractivity contribution in [1.29, 1.82) is 0 Å². The van der Waals surface area contributed by atoms with Crippen LogP contribution in [0.15, 0.2) is 59.5 Å². The Hall–Kier alpha value is -1.74. The van der Waals surface area contributed by atoms with Gasteiger partial charge in [0.25, 0.3) is 0 Å². The highest BCUT2D eigenvalue weighted by Crippen LogP contribution is 2.35. The second-order valence-corrected chi connectivity index (χ2v) is 6.82. The second kappa shape index (κ2) is 7.50. The smallest absolute Gasteiger partial charge is 0.220 e. The van der Waals surface area contributed by atoms with Crippen LogP contribution in [-0.4, -0.2) is 18.2 Å². The van der Waals surface area contributed by atoms with Gasteiger partial charge in [0.05, 0.1) is 0 Å². The van der Waals surface area contributed by atoms with Crippen LogP contribution in [0.1, 0.15) is 29.9 Å². The number of carbonyl (C=O) groups is 1. The summed E-state index contributed by atoms with van der Waals surface area (Å²) in [5, 5.41) is 3.05. The standard InChI is InChI=1S/C19H21NOS/c21-19(20-12-13-22-17-7-2-1-3-8-17)14-16-11-10-15-6-4-5-9-18(15)16/h1-9,16H,10-14H2,(H,20,21). The Balaban J connectivity index is 1.40. The minimum atomic E-state index is 0.176. The van der Waals surface area contributed by atoms with Crippen molar-refractivity contribution in [1.82, 2.24) is 5.32 Å². The molecule has 2 aromatic carbocycles. The van der Waals surface area contributed by atoms with E-state index in [9.17, 15) is 4.79 Å². The van der Waals surface area contributed by atoms with E-state index in [0.29, 0.717) is 12.3 Å². The molecule has 3 heteroatoms. The molecule has 0 saturated heterocycles. The van der Waals surface area contributed by atoms with Gasteiger partial charge in [-0.2, -0.15) is 0 Å². The normalized spacial score (nSPS) is 16.3. The fourth-order valence-electron chi connectivity index (χ4n) is 3.03. The van der Waals surface area contributed by atoms with E-state index in [2.05, 4.69) is 41.7 Å². The van der Waals surface area contributed by atoms with Gasteiger partial charge in [0.1, 0.15) is 0 Å². The molecule has 0 spiro atoms. The van der Waals surface area contributed by atoms with E-state index in [-0.39, 0.29) is 5.91 Å². The third-order valence-electron chi connectivity index (χ3n) is 4.13. The monoisotopic (exact) mass is 311 g/mol. The summed E-state index contributed by atoms with van der Waals surface area (Å²) < 4.78 is 0. The van der Waals surface area contributed by atoms with Crippen LogP contribution in [0, 0.1) is 0 Å². The van der Waals surface area contributed by atoms with Crippen molar-refractivity contribution in [2.45, 2.75) is 30.1 Å². The largest absolute Gasteiger partial charge is 0.355 e. The molecule has 0 radical (unpaired) electrons. The summed E-state index contributed by atoms with van der Waals surface area (Å²) in [7, 11) is 0. The van der Waals surface area contributed by atoms with Crippen molar-refractivity contribution in [3.63, 3.8) is 0 Å². The van der Waals surface area contributed by atoms with E-state index in [1.54, 1.807) is 11.8 Å². The number of amides is 1. The van der Waals surface area contributed by atoms with Crippen LogP contribution in [0.25, 0.3) is 0 Å². The molecule has 1 atom stereocenters. The van der Waals surface area contributed by atoms with E-state index < -0.39 is 0 Å². The number of aryl methyl sites for hydroxylation is 1. The zero-order chi connectivity index (χ0) is 15.2.